The van der Waals surface area contributed by atoms with E-state index in [0.717, 1.165) is 10.7 Å². The number of benzene rings is 2. The van der Waals surface area contributed by atoms with Crippen molar-refractivity contribution in [2.24, 2.45) is 17.8 Å². The number of carboxylic acids is 1. The summed E-state index contributed by atoms with van der Waals surface area (Å²) in [7, 11) is -4.26. The Morgan fingerprint density at radius 3 is 2.60 bits per heavy atom. The highest BCUT2D eigenvalue weighted by Gasteiger charge is 2.45. The van der Waals surface area contributed by atoms with E-state index in [2.05, 4.69) is 10.3 Å². The molecule has 1 amide bonds. The molecule has 1 unspecified atom stereocenters. The number of halogens is 1. The first kappa shape index (κ1) is 40.9. The number of alkyl halides is 1. The van der Waals surface area contributed by atoms with Crippen LogP contribution in [0.4, 0.5) is 4.79 Å². The second-order valence-electron chi connectivity index (χ2n) is 13.9. The van der Waals surface area contributed by atoms with E-state index in [4.69, 9.17) is 44.8 Å². The molecule has 18 heteroatoms. The summed E-state index contributed by atoms with van der Waals surface area (Å²) >= 11 is 7.50. The molecule has 6 rings (SSSR count). The molecule has 2 N–H and O–H groups in total. The smallest absolute Gasteiger partial charge is 0.407 e. The average molecular weight is 824 g/mol. The zero-order chi connectivity index (χ0) is 39.1. The summed E-state index contributed by atoms with van der Waals surface area (Å²) in [5.74, 6) is -1.57. The Labute approximate surface area is 329 Å². The normalized spacial score (nSPS) is 20.7. The number of fused-ring (bicyclic) bond motifs is 2. The maximum absolute atomic E-state index is 14.4. The number of aryl methyl sites for hydroxylation is 1. The Morgan fingerprint density at radius 1 is 1.11 bits per heavy atom. The van der Waals surface area contributed by atoms with Gasteiger partial charge in [0.2, 0.25) is 16.8 Å². The van der Waals surface area contributed by atoms with Crippen molar-refractivity contribution in [3.05, 3.63) is 64.1 Å². The van der Waals surface area contributed by atoms with Crippen LogP contribution in [0.5, 0.6) is 17.2 Å². The minimum absolute atomic E-state index is 0.0178. The molecule has 3 aliphatic heterocycles. The van der Waals surface area contributed by atoms with Crippen LogP contribution in [0.15, 0.2) is 52.7 Å². The van der Waals surface area contributed by atoms with Gasteiger partial charge in [-0.2, -0.15) is 4.31 Å². The number of hydrogen-bond donors (Lipinski definition) is 2. The van der Waals surface area contributed by atoms with Crippen LogP contribution in [0.2, 0.25) is 0 Å². The van der Waals surface area contributed by atoms with Crippen molar-refractivity contribution in [2.45, 2.75) is 69.7 Å². The summed E-state index contributed by atoms with van der Waals surface area (Å²) in [5.41, 5.74) is 1.51. The van der Waals surface area contributed by atoms with Gasteiger partial charge in [-0.3, -0.25) is 0 Å². The number of amides is 1. The summed E-state index contributed by atoms with van der Waals surface area (Å²) < 4.78 is 69.8. The minimum Gasteiger partial charge on any atom is -0.487 e. The van der Waals surface area contributed by atoms with Crippen LogP contribution in [-0.4, -0.2) is 105 Å². The van der Waals surface area contributed by atoms with Gasteiger partial charge in [-0.05, 0) is 55.5 Å². The molecule has 3 aliphatic rings. The van der Waals surface area contributed by atoms with E-state index in [1.807, 2.05) is 26.2 Å². The molecule has 3 aromatic rings. The second kappa shape index (κ2) is 18.5. The van der Waals surface area contributed by atoms with Crippen LogP contribution in [0, 0.1) is 24.7 Å². The first-order valence-electron chi connectivity index (χ1n) is 18.0. The molecule has 0 bridgehead atoms. The number of carbonyl (C=O) groups excluding carboxylic acids is 1. The van der Waals surface area contributed by atoms with E-state index in [9.17, 15) is 23.1 Å². The molecule has 0 aliphatic carbocycles. The van der Waals surface area contributed by atoms with Crippen LogP contribution < -0.4 is 19.5 Å². The van der Waals surface area contributed by atoms with Gasteiger partial charge in [0, 0.05) is 42.4 Å². The van der Waals surface area contributed by atoms with Gasteiger partial charge in [0.25, 0.3) is 0 Å². The van der Waals surface area contributed by atoms with Crippen molar-refractivity contribution in [2.75, 3.05) is 45.6 Å². The van der Waals surface area contributed by atoms with E-state index in [-0.39, 0.29) is 74.5 Å². The van der Waals surface area contributed by atoms with Gasteiger partial charge >= 0.3 is 12.1 Å². The number of hydrogen-bond acceptors (Lipinski definition) is 13. The first-order valence-corrected chi connectivity index (χ1v) is 20.9. The lowest BCUT2D eigenvalue weighted by Crippen LogP contribution is -2.55. The number of thiazole rings is 1. The van der Waals surface area contributed by atoms with Crippen molar-refractivity contribution >= 4 is 45.0 Å². The highest BCUT2D eigenvalue weighted by atomic mass is 35.5. The van der Waals surface area contributed by atoms with Gasteiger partial charge in [0.15, 0.2) is 23.9 Å². The third kappa shape index (κ3) is 10.4. The molecule has 4 heterocycles. The molecular weight excluding hydrogens is 778 g/mol. The topological polar surface area (TPSA) is 181 Å². The van der Waals surface area contributed by atoms with Crippen LogP contribution in [0.1, 0.15) is 36.5 Å². The number of sulfonamides is 1. The number of nitrogens with one attached hydrogen (secondary N) is 1. The van der Waals surface area contributed by atoms with Gasteiger partial charge in [-0.25, -0.2) is 23.0 Å². The lowest BCUT2D eigenvalue weighted by atomic mass is 9.88. The summed E-state index contributed by atoms with van der Waals surface area (Å²) in [6.45, 7) is 6.02. The van der Waals surface area contributed by atoms with E-state index in [1.165, 1.54) is 33.8 Å². The van der Waals surface area contributed by atoms with Crippen LogP contribution >= 0.6 is 22.9 Å². The predicted molar refractivity (Wildman–Crippen MR) is 200 cm³/mol. The molecule has 15 nitrogen and oxygen atoms in total. The number of rotatable bonds is 19. The van der Waals surface area contributed by atoms with Gasteiger partial charge in [0.1, 0.15) is 18.5 Å². The number of carbonyl (C=O) groups is 2. The molecule has 2 fully saturated rings. The van der Waals surface area contributed by atoms with Gasteiger partial charge in [-0.15, -0.1) is 22.9 Å². The summed E-state index contributed by atoms with van der Waals surface area (Å²) in [4.78, 5) is 31.1. The zero-order valence-corrected chi connectivity index (χ0v) is 33.1. The van der Waals surface area contributed by atoms with Gasteiger partial charge < -0.3 is 43.6 Å². The highest BCUT2D eigenvalue weighted by Crippen LogP contribution is 2.36. The third-order valence-electron chi connectivity index (χ3n) is 9.47. The summed E-state index contributed by atoms with van der Waals surface area (Å²) in [5, 5.41) is 16.4. The molecule has 0 spiro atoms. The monoisotopic (exact) mass is 823 g/mol. The number of carboxylic acid groups (broad SMARTS) is 1. The van der Waals surface area contributed by atoms with Gasteiger partial charge in [-0.1, -0.05) is 26.0 Å². The molecule has 0 radical (unpaired) electrons. The maximum atomic E-state index is 14.4. The van der Waals surface area contributed by atoms with Crippen molar-refractivity contribution < 1.29 is 56.3 Å². The highest BCUT2D eigenvalue weighted by molar-refractivity contribution is 7.89. The number of aliphatic carboxylic acids is 1. The van der Waals surface area contributed by atoms with Crippen molar-refractivity contribution in [3.63, 3.8) is 0 Å². The third-order valence-corrected chi connectivity index (χ3v) is 12.3. The first-order chi connectivity index (χ1) is 26.4. The number of aromatic nitrogens is 1. The second-order valence-corrected chi connectivity index (χ2v) is 17.3. The SMILES string of the molecule is Cc1nc(COc2ccc(C[C@H](NC(=O)O[C@H]3CO[C@H]4OCC[C@H]43)[C@@H](CN(CC(C)C)S(=O)(=O)c3ccc4c(c3)OCO4)C(OCCCl)C(=O)O)cc2)cs1. The van der Waals surface area contributed by atoms with Crippen LogP contribution in [0.3, 0.4) is 0 Å². The number of nitrogens with zero attached hydrogens (tertiary/aromatic N) is 2. The van der Waals surface area contributed by atoms with Crippen molar-refractivity contribution in [3.8, 4) is 17.2 Å². The van der Waals surface area contributed by atoms with Crippen molar-refractivity contribution in [1.29, 1.82) is 0 Å². The molecule has 300 valence electrons. The van der Waals surface area contributed by atoms with Crippen LogP contribution in [-0.2, 0) is 46.8 Å². The summed E-state index contributed by atoms with van der Waals surface area (Å²) in [6.07, 6.45) is -2.72. The van der Waals surface area contributed by atoms with E-state index in [0.29, 0.717) is 30.1 Å². The Hall–Kier alpha value is -3.71. The average Bonchev–Trinajstić information content (AvgIpc) is 3.97. The Bertz CT molecular complexity index is 1880. The fraction of sp³-hybridized carbons (Fsp3) is 0.541. The number of ether oxygens (including phenoxy) is 7. The van der Waals surface area contributed by atoms with E-state index in [1.54, 1.807) is 24.3 Å². The van der Waals surface area contributed by atoms with E-state index >= 15 is 0 Å². The molecule has 2 saturated heterocycles. The largest absolute Gasteiger partial charge is 0.487 e. The van der Waals surface area contributed by atoms with E-state index < -0.39 is 52.5 Å². The Kier molecular flexibility index (Phi) is 13.8. The fourth-order valence-electron chi connectivity index (χ4n) is 6.87. The van der Waals surface area contributed by atoms with Crippen LogP contribution in [0.25, 0.3) is 0 Å². The standard InChI is InChI=1S/C37H46ClN3O12S2/c1-22(2)16-41(55(45,46)27-8-9-31-32(15-27)52-21-51-31)17-29(34(35(42)43)47-13-11-38)30(40-37(44)53-33-19-50-36-28(33)10-12-48-36)14-24-4-6-26(7-5-24)49-18-25-20-54-23(3)39-25/h4-9,15,20,22,28-30,33-34,36H,10-14,16-19,21H2,1-3H3,(H,40,44)(H,42,43)/t28-,29+,30-,33-,34?,36+/m0/s1. The Morgan fingerprint density at radius 2 is 1.89 bits per heavy atom. The lowest BCUT2D eigenvalue weighted by molar-refractivity contribution is -0.155. The van der Waals surface area contributed by atoms with Gasteiger partial charge in [0.05, 0.1) is 41.3 Å². The number of alkyl carbamates (subject to hydrolysis) is 1. The summed E-state index contributed by atoms with van der Waals surface area (Å²) in [6, 6.07) is 10.4. The molecule has 0 saturated carbocycles. The Balaban J connectivity index is 1.32. The lowest BCUT2D eigenvalue weighted by Gasteiger charge is -2.36. The van der Waals surface area contributed by atoms with Crippen molar-refractivity contribution in [1.82, 2.24) is 14.6 Å². The molecule has 6 atom stereocenters. The molecule has 55 heavy (non-hydrogen) atoms. The fourth-order valence-corrected chi connectivity index (χ4v) is 9.21. The zero-order valence-electron chi connectivity index (χ0n) is 30.8. The molecule has 1 aromatic heterocycles. The predicted octanol–water partition coefficient (Wildman–Crippen LogP) is 4.83. The maximum Gasteiger partial charge on any atom is 0.407 e. The molecular formula is C37H46ClN3O12S2. The minimum atomic E-state index is -4.26. The quantitative estimate of drug-likeness (QED) is 0.157. The molecule has 2 aromatic carbocycles.